The average molecular weight is 723 g/mol. The van der Waals surface area contributed by atoms with Gasteiger partial charge in [-0.1, -0.05) is 72.9 Å². The number of hydrogen-bond donors (Lipinski definition) is 3. The van der Waals surface area contributed by atoms with Gasteiger partial charge in [0.25, 0.3) is 5.91 Å². The van der Waals surface area contributed by atoms with Crippen LogP contribution in [0.4, 0.5) is 11.4 Å². The second-order valence-electron chi connectivity index (χ2n) is 15.0. The lowest BCUT2D eigenvalue weighted by Crippen LogP contribution is -2.51. The molecule has 52 heavy (non-hydrogen) atoms. The van der Waals surface area contributed by atoms with Gasteiger partial charge in [-0.2, -0.15) is 0 Å². The number of aromatic nitrogens is 3. The fourth-order valence-corrected chi connectivity index (χ4v) is 12.9. The van der Waals surface area contributed by atoms with Crippen LogP contribution in [0.1, 0.15) is 43.0 Å². The van der Waals surface area contributed by atoms with E-state index in [-0.39, 0.29) is 41.9 Å². The number of carbonyl (C=O) groups excluding carboxylic acids is 2. The normalized spacial score (nSPS) is 24.3. The van der Waals surface area contributed by atoms with E-state index < -0.39 is 13.7 Å². The van der Waals surface area contributed by atoms with Gasteiger partial charge in [0.1, 0.15) is 5.75 Å². The summed E-state index contributed by atoms with van der Waals surface area (Å²) in [5, 5.41) is 25.7. The largest absolute Gasteiger partial charge is 0.497 e. The van der Waals surface area contributed by atoms with Crippen LogP contribution in [0.3, 0.4) is 0 Å². The van der Waals surface area contributed by atoms with Crippen molar-refractivity contribution in [3.63, 3.8) is 0 Å². The van der Waals surface area contributed by atoms with Gasteiger partial charge in [0, 0.05) is 49.5 Å². The number of piperidine rings is 1. The van der Waals surface area contributed by atoms with E-state index in [1.807, 2.05) is 70.4 Å². The summed E-state index contributed by atoms with van der Waals surface area (Å²) in [6.45, 7) is 9.54. The Morgan fingerprint density at radius 3 is 2.69 bits per heavy atom. The van der Waals surface area contributed by atoms with Gasteiger partial charge in [-0.15, -0.1) is 5.10 Å². The first-order valence-electron chi connectivity index (χ1n) is 18.5. The number of aliphatic hydroxyl groups is 1. The molecule has 1 aromatic heterocycles. The van der Waals surface area contributed by atoms with E-state index in [9.17, 15) is 9.90 Å². The van der Waals surface area contributed by atoms with Crippen molar-refractivity contribution in [1.82, 2.24) is 20.3 Å². The fraction of sp³-hybridized carbons (Fsp3) is 0.450. The maximum absolute atomic E-state index is 15.1. The van der Waals surface area contributed by atoms with Crippen LogP contribution in [0.25, 0.3) is 0 Å². The number of ether oxygens (including phenoxy) is 2. The molecule has 11 nitrogen and oxygen atoms in total. The van der Waals surface area contributed by atoms with E-state index >= 15 is 4.79 Å². The van der Waals surface area contributed by atoms with Crippen LogP contribution in [-0.4, -0.2) is 72.9 Å². The van der Waals surface area contributed by atoms with Crippen LogP contribution in [-0.2, 0) is 39.4 Å². The van der Waals surface area contributed by atoms with Gasteiger partial charge in [-0.3, -0.25) is 14.3 Å². The molecule has 3 N–H and O–H groups in total. The zero-order chi connectivity index (χ0) is 36.5. The second-order valence-corrected chi connectivity index (χ2v) is 19.7. The lowest BCUT2D eigenvalue weighted by atomic mass is 9.82. The molecule has 12 heteroatoms. The third-order valence-electron chi connectivity index (χ3n) is 11.5. The van der Waals surface area contributed by atoms with Crippen LogP contribution in [0.2, 0.25) is 18.6 Å². The minimum absolute atomic E-state index is 0.0172. The van der Waals surface area contributed by atoms with Gasteiger partial charge in [0.15, 0.2) is 5.60 Å². The van der Waals surface area contributed by atoms with Crippen molar-refractivity contribution in [3.05, 3.63) is 95.8 Å². The maximum atomic E-state index is 15.1. The molecule has 0 saturated carbocycles. The van der Waals surface area contributed by atoms with Crippen molar-refractivity contribution in [3.8, 4) is 5.75 Å². The maximum Gasteiger partial charge on any atom is 0.264 e. The topological polar surface area (TPSA) is 131 Å². The Morgan fingerprint density at radius 1 is 1.13 bits per heavy atom. The molecular weight excluding hydrogens is 673 g/mol. The van der Waals surface area contributed by atoms with E-state index in [0.29, 0.717) is 32.5 Å². The average Bonchev–Trinajstić information content (AvgIpc) is 3.81. The minimum Gasteiger partial charge on any atom is -0.497 e. The number of aryl methyl sites for hydroxylation is 1. The van der Waals surface area contributed by atoms with Gasteiger partial charge < -0.3 is 30.1 Å². The third-order valence-corrected chi connectivity index (χ3v) is 15.9. The summed E-state index contributed by atoms with van der Waals surface area (Å²) in [7, 11) is -0.629. The molecule has 0 radical (unpaired) electrons. The monoisotopic (exact) mass is 722 g/mol. The molecule has 274 valence electrons. The molecule has 4 aromatic rings. The highest BCUT2D eigenvalue weighted by molar-refractivity contribution is 6.91. The van der Waals surface area contributed by atoms with E-state index in [4.69, 9.17) is 9.47 Å². The molecule has 2 fully saturated rings. The molecule has 5 atom stereocenters. The Hall–Kier alpha value is -4.36. The van der Waals surface area contributed by atoms with Gasteiger partial charge in [0.2, 0.25) is 5.91 Å². The summed E-state index contributed by atoms with van der Waals surface area (Å²) in [5.74, 6) is 0.601. The summed E-state index contributed by atoms with van der Waals surface area (Å²) in [6, 6.07) is 24.3. The molecule has 2 saturated heterocycles. The van der Waals surface area contributed by atoms with Gasteiger partial charge in [-0.05, 0) is 67.2 Å². The summed E-state index contributed by atoms with van der Waals surface area (Å²) in [6.07, 6.45) is 4.62. The van der Waals surface area contributed by atoms with Gasteiger partial charge >= 0.3 is 0 Å². The van der Waals surface area contributed by atoms with Crippen molar-refractivity contribution in [2.45, 2.75) is 76.0 Å². The SMILES string of the molecule is COc1ccc([Si](C)(C)[C@H]2[C@H](CCn3cc(CCO)nn3)O[C@@]3(C(=O)N(Cc4cccc(NC(=O)C5CCCNC5)c4)c4ccccc43)[C@@H]2C)cc1. The van der Waals surface area contributed by atoms with Crippen molar-refractivity contribution < 1.29 is 24.2 Å². The smallest absolute Gasteiger partial charge is 0.264 e. The molecule has 3 aliphatic heterocycles. The quantitative estimate of drug-likeness (QED) is 0.181. The molecule has 0 aliphatic carbocycles. The molecule has 3 aliphatic rings. The van der Waals surface area contributed by atoms with E-state index in [1.54, 1.807) is 7.11 Å². The highest BCUT2D eigenvalue weighted by Crippen LogP contribution is 2.60. The standard InChI is InChI=1S/C40H50N6O5Si/c1-27-37(52(3,4)33-16-14-32(50-2)15-17-33)36(18-21-45-26-31(19-22-47)43-44-45)51-40(27)34-12-5-6-13-35(34)46(39(40)49)25-28-9-7-11-30(23-28)42-38(48)29-10-8-20-41-24-29/h5-7,9,11-17,23,26-27,29,36-37,41,47H,8,10,18-22,24-25H2,1-4H3,(H,42,48)/t27-,29?,36+,37-,40+/m1/s1. The third kappa shape index (κ3) is 6.68. The number of rotatable bonds is 12. The number of aliphatic hydroxyl groups excluding tert-OH is 1. The molecule has 1 spiro atoms. The van der Waals surface area contributed by atoms with Crippen LogP contribution < -0.4 is 25.5 Å². The number of benzene rings is 3. The zero-order valence-electron chi connectivity index (χ0n) is 30.5. The Kier molecular flexibility index (Phi) is 10.3. The lowest BCUT2D eigenvalue weighted by molar-refractivity contribution is -0.146. The summed E-state index contributed by atoms with van der Waals surface area (Å²) in [4.78, 5) is 30.0. The molecule has 7 rings (SSSR count). The number of amides is 2. The van der Waals surface area contributed by atoms with E-state index in [0.717, 1.165) is 53.3 Å². The highest BCUT2D eigenvalue weighted by Gasteiger charge is 2.66. The van der Waals surface area contributed by atoms with Gasteiger partial charge in [-0.25, -0.2) is 0 Å². The number of nitrogens with zero attached hydrogens (tertiary/aromatic N) is 4. The second kappa shape index (κ2) is 14.9. The first-order valence-corrected chi connectivity index (χ1v) is 21.6. The molecule has 1 unspecified atom stereocenters. The Morgan fingerprint density at radius 2 is 1.94 bits per heavy atom. The molecule has 0 bridgehead atoms. The molecule has 2 amide bonds. The van der Waals surface area contributed by atoms with Crippen LogP contribution >= 0.6 is 0 Å². The van der Waals surface area contributed by atoms with Crippen LogP contribution in [0.5, 0.6) is 5.75 Å². The van der Waals surface area contributed by atoms with E-state index in [2.05, 4.69) is 59.2 Å². The first-order chi connectivity index (χ1) is 25.1. The number of methoxy groups -OCH3 is 1. The number of carbonyl (C=O) groups is 2. The van der Waals surface area contributed by atoms with Crippen molar-refractivity contribution >= 4 is 36.4 Å². The molecule has 4 heterocycles. The number of anilines is 2. The highest BCUT2D eigenvalue weighted by atomic mass is 28.3. The fourth-order valence-electron chi connectivity index (χ4n) is 8.88. The Balaban J connectivity index is 1.20. The minimum atomic E-state index is -2.31. The number of hydrogen-bond acceptors (Lipinski definition) is 8. The van der Waals surface area contributed by atoms with Crippen molar-refractivity contribution in [1.29, 1.82) is 0 Å². The van der Waals surface area contributed by atoms with Gasteiger partial charge in [0.05, 0.1) is 45.1 Å². The van der Waals surface area contributed by atoms with Crippen LogP contribution in [0, 0.1) is 11.8 Å². The summed E-state index contributed by atoms with van der Waals surface area (Å²) in [5.41, 5.74) is 3.09. The predicted octanol–water partition coefficient (Wildman–Crippen LogP) is 4.61. The molecule has 3 aromatic carbocycles. The number of fused-ring (bicyclic) bond motifs is 2. The van der Waals surface area contributed by atoms with E-state index in [1.165, 1.54) is 5.19 Å². The lowest BCUT2D eigenvalue weighted by Gasteiger charge is -2.37. The predicted molar refractivity (Wildman–Crippen MR) is 203 cm³/mol. The van der Waals surface area contributed by atoms with Crippen LogP contribution in [0.15, 0.2) is 79.0 Å². The van der Waals surface area contributed by atoms with Crippen molar-refractivity contribution in [2.75, 3.05) is 37.0 Å². The zero-order valence-corrected chi connectivity index (χ0v) is 31.5. The summed E-state index contributed by atoms with van der Waals surface area (Å²) < 4.78 is 14.6. The molecular formula is C40H50N6O5Si. The van der Waals surface area contributed by atoms with Crippen molar-refractivity contribution in [2.24, 2.45) is 11.8 Å². The Labute approximate surface area is 306 Å². The Bertz CT molecular complexity index is 1890. The first kappa shape index (κ1) is 36.0. The number of para-hydroxylation sites is 1. The summed E-state index contributed by atoms with van der Waals surface area (Å²) >= 11 is 0. The number of nitrogens with one attached hydrogen (secondary N) is 2.